The summed E-state index contributed by atoms with van der Waals surface area (Å²) in [7, 11) is 4.01. The third-order valence-corrected chi connectivity index (χ3v) is 5.31. The number of para-hydroxylation sites is 1. The van der Waals surface area contributed by atoms with Crippen LogP contribution in [-0.2, 0) is 4.79 Å². The lowest BCUT2D eigenvalue weighted by molar-refractivity contribution is -0.122. The highest BCUT2D eigenvalue weighted by molar-refractivity contribution is 5.93. The highest BCUT2D eigenvalue weighted by atomic mass is 16.5. The molecule has 0 atom stereocenters. The molecule has 0 unspecified atom stereocenters. The molecule has 1 aliphatic carbocycles. The van der Waals surface area contributed by atoms with Crippen LogP contribution in [0.15, 0.2) is 18.2 Å². The van der Waals surface area contributed by atoms with Crippen molar-refractivity contribution in [2.24, 2.45) is 17.6 Å². The van der Waals surface area contributed by atoms with Crippen molar-refractivity contribution in [3.05, 3.63) is 18.2 Å². The molecule has 1 fully saturated rings. The highest BCUT2D eigenvalue weighted by Crippen LogP contribution is 2.30. The summed E-state index contributed by atoms with van der Waals surface area (Å²) in [6.07, 6.45) is 3.66. The van der Waals surface area contributed by atoms with E-state index < -0.39 is 0 Å². The zero-order valence-electron chi connectivity index (χ0n) is 16.6. The molecule has 5 N–H and O–H groups in total. The number of carbonyl (C=O) groups excluding carboxylic acids is 1. The first-order chi connectivity index (χ1) is 13.4. The summed E-state index contributed by atoms with van der Waals surface area (Å²) in [6.45, 7) is 2.14. The van der Waals surface area contributed by atoms with E-state index in [1.165, 1.54) is 0 Å². The lowest BCUT2D eigenvalue weighted by Gasteiger charge is -2.26. The van der Waals surface area contributed by atoms with Gasteiger partial charge in [0.15, 0.2) is 0 Å². The second-order valence-electron chi connectivity index (χ2n) is 7.74. The van der Waals surface area contributed by atoms with Gasteiger partial charge in [0, 0.05) is 24.4 Å². The first-order valence-corrected chi connectivity index (χ1v) is 9.81. The third-order valence-electron chi connectivity index (χ3n) is 5.31. The average molecular weight is 387 g/mol. The van der Waals surface area contributed by atoms with Gasteiger partial charge in [-0.15, -0.1) is 0 Å². The Labute approximate surface area is 165 Å². The number of hydrogen-bond acceptors (Lipinski definition) is 7. The molecule has 28 heavy (non-hydrogen) atoms. The Balaban J connectivity index is 1.67. The number of rotatable bonds is 8. The molecule has 3 rings (SSSR count). The number of likely N-dealkylation sites (N-methyl/N-ethyl adjacent to an activating group) is 1. The number of nitrogens with zero attached hydrogens (tertiary/aromatic N) is 3. The molecule has 152 valence electrons. The van der Waals surface area contributed by atoms with Crippen LogP contribution in [0.25, 0.3) is 10.9 Å². The van der Waals surface area contributed by atoms with E-state index in [2.05, 4.69) is 20.2 Å². The smallest absolute Gasteiger partial charge is 0.225 e. The molecule has 8 nitrogen and oxygen atoms in total. The maximum Gasteiger partial charge on any atom is 0.225 e. The van der Waals surface area contributed by atoms with Gasteiger partial charge in [0.25, 0.3) is 0 Å². The minimum atomic E-state index is -0.182. The maximum absolute atomic E-state index is 11.3. The van der Waals surface area contributed by atoms with E-state index in [1.54, 1.807) is 0 Å². The van der Waals surface area contributed by atoms with Crippen molar-refractivity contribution in [2.45, 2.75) is 25.7 Å². The Bertz CT molecular complexity index is 818. The Morgan fingerprint density at radius 2 is 2.00 bits per heavy atom. The second-order valence-corrected chi connectivity index (χ2v) is 7.74. The normalized spacial score (nSPS) is 19.7. The number of nitrogens with one attached hydrogen (secondary N) is 1. The zero-order chi connectivity index (χ0) is 20.1. The quantitative estimate of drug-likeness (QED) is 0.633. The van der Waals surface area contributed by atoms with Crippen LogP contribution in [0.3, 0.4) is 0 Å². The van der Waals surface area contributed by atoms with Crippen LogP contribution < -0.4 is 21.5 Å². The van der Waals surface area contributed by atoms with Crippen LogP contribution in [0.4, 0.5) is 11.8 Å². The van der Waals surface area contributed by atoms with E-state index in [0.717, 1.165) is 44.2 Å². The predicted molar refractivity (Wildman–Crippen MR) is 111 cm³/mol. The van der Waals surface area contributed by atoms with Gasteiger partial charge in [0.1, 0.15) is 23.7 Å². The lowest BCUT2D eigenvalue weighted by Crippen LogP contribution is -2.29. The van der Waals surface area contributed by atoms with Crippen molar-refractivity contribution in [3.8, 4) is 5.75 Å². The molecule has 0 bridgehead atoms. The summed E-state index contributed by atoms with van der Waals surface area (Å²) >= 11 is 0. The molecule has 1 amide bonds. The summed E-state index contributed by atoms with van der Waals surface area (Å²) in [5, 5.41) is 4.10. The average Bonchev–Trinajstić information content (AvgIpc) is 2.67. The Morgan fingerprint density at radius 1 is 1.25 bits per heavy atom. The van der Waals surface area contributed by atoms with Crippen LogP contribution in [0, 0.1) is 11.8 Å². The Morgan fingerprint density at radius 3 is 2.68 bits per heavy atom. The van der Waals surface area contributed by atoms with Crippen molar-refractivity contribution in [3.63, 3.8) is 0 Å². The third kappa shape index (κ3) is 5.01. The fourth-order valence-electron chi connectivity index (χ4n) is 3.57. The summed E-state index contributed by atoms with van der Waals surface area (Å²) in [5.41, 5.74) is 12.3. The van der Waals surface area contributed by atoms with E-state index in [0.29, 0.717) is 35.6 Å². The van der Waals surface area contributed by atoms with Gasteiger partial charge >= 0.3 is 0 Å². The number of benzene rings is 1. The molecule has 0 saturated heterocycles. The molecular weight excluding hydrogens is 356 g/mol. The number of fused-ring (bicyclic) bond motifs is 1. The topological polar surface area (TPSA) is 119 Å². The van der Waals surface area contributed by atoms with Gasteiger partial charge in [0.05, 0.1) is 0 Å². The van der Waals surface area contributed by atoms with Gasteiger partial charge in [-0.05, 0) is 57.8 Å². The lowest BCUT2D eigenvalue weighted by atomic mass is 9.82. The molecule has 2 aromatic rings. The van der Waals surface area contributed by atoms with Crippen LogP contribution in [0.2, 0.25) is 0 Å². The Hall–Kier alpha value is -2.61. The van der Waals surface area contributed by atoms with Gasteiger partial charge < -0.3 is 26.4 Å². The standard InChI is InChI=1S/C20H30N6O2/c1-26(2)10-11-28-16-5-3-4-15-17(16)24-20(25-18(15)21)23-12-13-6-8-14(9-7-13)19(22)27/h3-5,13-14H,6-12H2,1-2H3,(H2,22,27)(H3,21,23,24,25). The van der Waals surface area contributed by atoms with Crippen molar-refractivity contribution in [2.75, 3.05) is 44.8 Å². The van der Waals surface area contributed by atoms with Crippen LogP contribution >= 0.6 is 0 Å². The molecule has 1 aromatic carbocycles. The van der Waals surface area contributed by atoms with Crippen LogP contribution in [-0.4, -0.2) is 54.6 Å². The van der Waals surface area contributed by atoms with E-state index in [-0.39, 0.29) is 11.8 Å². The number of nitrogens with two attached hydrogens (primary N) is 2. The van der Waals surface area contributed by atoms with Crippen LogP contribution in [0.1, 0.15) is 25.7 Å². The molecule has 1 aromatic heterocycles. The van der Waals surface area contributed by atoms with Crippen molar-refractivity contribution in [1.82, 2.24) is 14.9 Å². The molecular formula is C20H30N6O2. The summed E-state index contributed by atoms with van der Waals surface area (Å²) in [5.74, 6) is 1.96. The minimum Gasteiger partial charge on any atom is -0.490 e. The predicted octanol–water partition coefficient (Wildman–Crippen LogP) is 1.86. The first-order valence-electron chi connectivity index (χ1n) is 9.81. The number of hydrogen-bond donors (Lipinski definition) is 3. The molecule has 0 radical (unpaired) electrons. The number of carbonyl (C=O) groups is 1. The van der Waals surface area contributed by atoms with Gasteiger partial charge in [-0.2, -0.15) is 4.98 Å². The second kappa shape index (κ2) is 9.05. The van der Waals surface area contributed by atoms with E-state index in [4.69, 9.17) is 16.2 Å². The highest BCUT2D eigenvalue weighted by Gasteiger charge is 2.24. The van der Waals surface area contributed by atoms with Crippen LogP contribution in [0.5, 0.6) is 5.75 Å². The van der Waals surface area contributed by atoms with Crippen molar-refractivity contribution in [1.29, 1.82) is 0 Å². The fraction of sp³-hybridized carbons (Fsp3) is 0.550. The van der Waals surface area contributed by atoms with Gasteiger partial charge in [-0.3, -0.25) is 4.79 Å². The number of aromatic nitrogens is 2. The minimum absolute atomic E-state index is 0.0192. The van der Waals surface area contributed by atoms with E-state index in [9.17, 15) is 4.79 Å². The molecule has 8 heteroatoms. The summed E-state index contributed by atoms with van der Waals surface area (Å²) < 4.78 is 5.91. The van der Waals surface area contributed by atoms with Gasteiger partial charge in [-0.1, -0.05) is 6.07 Å². The number of amides is 1. The Kier molecular flexibility index (Phi) is 6.51. The molecule has 1 aliphatic rings. The molecule has 1 saturated carbocycles. The summed E-state index contributed by atoms with van der Waals surface area (Å²) in [4.78, 5) is 22.4. The van der Waals surface area contributed by atoms with E-state index in [1.807, 2.05) is 32.3 Å². The first kappa shape index (κ1) is 20.1. The maximum atomic E-state index is 11.3. The molecule has 0 aliphatic heterocycles. The summed E-state index contributed by atoms with van der Waals surface area (Å²) in [6, 6.07) is 5.70. The zero-order valence-corrected chi connectivity index (χ0v) is 16.6. The number of anilines is 2. The largest absolute Gasteiger partial charge is 0.490 e. The van der Waals surface area contributed by atoms with Crippen molar-refractivity contribution < 1.29 is 9.53 Å². The number of ether oxygens (including phenoxy) is 1. The van der Waals surface area contributed by atoms with Gasteiger partial charge in [-0.25, -0.2) is 4.98 Å². The monoisotopic (exact) mass is 386 g/mol. The number of primary amides is 1. The number of nitrogen functional groups attached to an aromatic ring is 1. The molecule has 0 spiro atoms. The van der Waals surface area contributed by atoms with Gasteiger partial charge in [0.2, 0.25) is 11.9 Å². The van der Waals surface area contributed by atoms with E-state index >= 15 is 0 Å². The SMILES string of the molecule is CN(C)CCOc1cccc2c(N)nc(NCC3CCC(C(N)=O)CC3)nc12. The van der Waals surface area contributed by atoms with Crippen molar-refractivity contribution >= 4 is 28.6 Å². The fourth-order valence-corrected chi connectivity index (χ4v) is 3.57. The molecule has 1 heterocycles.